The van der Waals surface area contributed by atoms with Crippen LogP contribution in [0.4, 0.5) is 0 Å². The minimum Gasteiger partial charge on any atom is -0.491 e. The number of aromatic nitrogens is 6. The van der Waals surface area contributed by atoms with E-state index >= 15 is 0 Å². The van der Waals surface area contributed by atoms with Crippen LogP contribution in [0.3, 0.4) is 0 Å². The van der Waals surface area contributed by atoms with Gasteiger partial charge in [0.05, 0.1) is 71.5 Å². The Bertz CT molecular complexity index is 4890. The molecule has 0 radical (unpaired) electrons. The first-order valence-corrected chi connectivity index (χ1v) is 38.8. The van der Waals surface area contributed by atoms with E-state index in [2.05, 4.69) is 387 Å². The van der Waals surface area contributed by atoms with Crippen molar-refractivity contribution in [1.29, 1.82) is 0 Å². The molecule has 0 N–H and O–H groups in total. The third-order valence-corrected chi connectivity index (χ3v) is 22.1. The van der Waals surface area contributed by atoms with Crippen LogP contribution in [0.1, 0.15) is 167 Å². The molecule has 0 saturated carbocycles. The first-order chi connectivity index (χ1) is 49.4. The highest BCUT2D eigenvalue weighted by molar-refractivity contribution is 7.13. The van der Waals surface area contributed by atoms with E-state index in [4.69, 9.17) is 18.9 Å². The van der Waals surface area contributed by atoms with Crippen molar-refractivity contribution in [2.24, 2.45) is 28.2 Å². The van der Waals surface area contributed by atoms with Gasteiger partial charge in [-0.1, -0.05) is 181 Å². The lowest BCUT2D eigenvalue weighted by molar-refractivity contribution is -0.660. The second-order valence-electron chi connectivity index (χ2n) is 30.4. The summed E-state index contributed by atoms with van der Waals surface area (Å²) in [5.41, 5.74) is 27.1. The van der Waals surface area contributed by atoms with Crippen molar-refractivity contribution in [2.75, 3.05) is 0 Å². The van der Waals surface area contributed by atoms with Crippen LogP contribution in [0, 0.1) is 27.7 Å². The normalized spacial score (nSPS) is 12.7. The lowest BCUT2D eigenvalue weighted by atomic mass is 9.57. The molecule has 0 atom stereocenters. The van der Waals surface area contributed by atoms with Crippen LogP contribution in [0.2, 0.25) is 0 Å². The maximum absolute atomic E-state index is 6.16. The number of fused-ring (bicyclic) bond motifs is 3. The largest absolute Gasteiger partial charge is 0.491 e. The van der Waals surface area contributed by atoms with Crippen LogP contribution in [-0.4, -0.2) is 33.6 Å². The summed E-state index contributed by atoms with van der Waals surface area (Å²) in [6.07, 6.45) is 5.22. The number of aryl methyl sites for hydroxylation is 2. The Labute approximate surface area is 629 Å². The molecule has 12 heteroatoms. The standard InChI is InChI=1S/C32H39N2O.C26H33N2O.C20H22NOS.C14H18NOS/c1-21(2)26-16-12-17-27(22(3)4)31(26)34-20-29(33(8)32(34)25-14-10-9-11-15-25)28-18-13-19-30(24(28)7)35-23(5)6;1-17(2)29-21-15-14-20-22(18(21)3)23-24(26(6,7)25(20,4)5)28(16-27(23)8)19-12-10-9-11-13-19;1-14(2)22-19-12-8-11-17(15(19)3)18-13-23-20(21(18)4)16-9-6-5-7-10-16;1-10(2)16-14-7-5-6-12(11(14)3)13-8-17-9-15(13)4/h9-23H,1-8H3;9-17H,1-8H3;5-14H,1-4H3;5-10H,1-4H3/q4*+1. The Hall–Kier alpha value is -9.36. The zero-order valence-corrected chi connectivity index (χ0v) is 67.9. The van der Waals surface area contributed by atoms with Gasteiger partial charge >= 0.3 is 0 Å². The highest BCUT2D eigenvalue weighted by Gasteiger charge is 2.53. The summed E-state index contributed by atoms with van der Waals surface area (Å²) in [7, 11) is 8.54. The number of ether oxygens (including phenoxy) is 4. The van der Waals surface area contributed by atoms with E-state index < -0.39 is 0 Å². The van der Waals surface area contributed by atoms with Gasteiger partial charge in [0.1, 0.15) is 54.7 Å². The average molecular weight is 1430 g/mol. The summed E-state index contributed by atoms with van der Waals surface area (Å²) in [6, 6.07) is 62.0. The minimum absolute atomic E-state index is 0.0334. The van der Waals surface area contributed by atoms with E-state index in [9.17, 15) is 0 Å². The van der Waals surface area contributed by atoms with Crippen molar-refractivity contribution in [3.05, 3.63) is 249 Å². The summed E-state index contributed by atoms with van der Waals surface area (Å²) >= 11 is 3.49. The lowest BCUT2D eigenvalue weighted by Crippen LogP contribution is -2.46. The van der Waals surface area contributed by atoms with Gasteiger partial charge in [-0.05, 0) is 173 Å². The van der Waals surface area contributed by atoms with Crippen LogP contribution in [-0.2, 0) is 39.0 Å². The van der Waals surface area contributed by atoms with Gasteiger partial charge in [-0.2, -0.15) is 18.3 Å². The van der Waals surface area contributed by atoms with E-state index in [0.29, 0.717) is 11.8 Å². The molecule has 0 unspecified atom stereocenters. The zero-order valence-electron chi connectivity index (χ0n) is 66.2. The maximum atomic E-state index is 6.16. The van der Waals surface area contributed by atoms with E-state index in [1.54, 1.807) is 22.7 Å². The van der Waals surface area contributed by atoms with Crippen molar-refractivity contribution in [1.82, 2.24) is 9.13 Å². The molecular formula is C92H112N6O4S2+4. The first-order valence-electron chi connectivity index (χ1n) is 37.0. The van der Waals surface area contributed by atoms with Crippen LogP contribution >= 0.6 is 22.7 Å². The van der Waals surface area contributed by atoms with Gasteiger partial charge in [-0.25, -0.2) is 9.13 Å². The Morgan fingerprint density at radius 3 is 1.38 bits per heavy atom. The number of para-hydroxylation sites is 2. The molecule has 0 aliphatic heterocycles. The molecule has 542 valence electrons. The van der Waals surface area contributed by atoms with Crippen molar-refractivity contribution >= 4 is 22.7 Å². The highest BCUT2D eigenvalue weighted by Crippen LogP contribution is 2.55. The predicted octanol–water partition coefficient (Wildman–Crippen LogP) is 21.9. The van der Waals surface area contributed by atoms with Gasteiger partial charge in [0.25, 0.3) is 10.8 Å². The Balaban J connectivity index is 0.000000153. The quantitative estimate of drug-likeness (QED) is 0.0853. The molecular weight excluding hydrogens is 1320 g/mol. The second-order valence-corrected chi connectivity index (χ2v) is 32.0. The Morgan fingerprint density at radius 2 is 0.894 bits per heavy atom. The predicted molar refractivity (Wildman–Crippen MR) is 434 cm³/mol. The molecule has 0 fully saturated rings. The number of hydrogen-bond donors (Lipinski definition) is 0. The van der Waals surface area contributed by atoms with Gasteiger partial charge < -0.3 is 18.9 Å². The third-order valence-electron chi connectivity index (χ3n) is 20.3. The minimum atomic E-state index is -0.0563. The van der Waals surface area contributed by atoms with E-state index in [1.807, 2.05) is 12.1 Å². The number of rotatable bonds is 17. The summed E-state index contributed by atoms with van der Waals surface area (Å²) in [5, 5.41) is 5.65. The second kappa shape index (κ2) is 32.8. The average Bonchev–Trinajstić information content (AvgIpc) is 1.45. The number of nitrogens with zero attached hydrogens (tertiary/aromatic N) is 6. The molecule has 4 heterocycles. The smallest absolute Gasteiger partial charge is 0.294 e. The van der Waals surface area contributed by atoms with Crippen molar-refractivity contribution in [2.45, 2.75) is 186 Å². The fourth-order valence-corrected chi connectivity index (χ4v) is 16.1. The van der Waals surface area contributed by atoms with Crippen molar-refractivity contribution in [3.63, 3.8) is 0 Å². The highest BCUT2D eigenvalue weighted by atomic mass is 32.1. The molecule has 0 saturated heterocycles. The number of imidazole rings is 2. The van der Waals surface area contributed by atoms with Crippen LogP contribution < -0.4 is 37.2 Å². The Morgan fingerprint density at radius 1 is 0.442 bits per heavy atom. The fourth-order valence-electron chi connectivity index (χ4n) is 14.3. The maximum Gasteiger partial charge on any atom is 0.294 e. The summed E-state index contributed by atoms with van der Waals surface area (Å²) in [6.45, 7) is 43.8. The number of hydrogen-bond acceptors (Lipinski definition) is 6. The molecule has 0 spiro atoms. The molecule has 1 aliphatic carbocycles. The molecule has 0 bridgehead atoms. The van der Waals surface area contributed by atoms with E-state index in [-0.39, 0.29) is 35.2 Å². The Kier molecular flexibility index (Phi) is 24.3. The monoisotopic (exact) mass is 1430 g/mol. The van der Waals surface area contributed by atoms with Gasteiger partial charge in [0.15, 0.2) is 17.1 Å². The van der Waals surface area contributed by atoms with Crippen LogP contribution in [0.25, 0.3) is 78.4 Å². The van der Waals surface area contributed by atoms with Crippen molar-refractivity contribution < 1.29 is 37.2 Å². The SMILES string of the molecule is Cc1c(OC(C)C)ccc2c1-c1c(n(-c3ccccc3)c[n+]1C)C(C)(C)C2(C)C.Cc1c(OC(C)C)cccc1-c1c[n+](-c2c(C(C)C)cccc2C(C)C)c(-c2ccccc2)n1C.Cc1c(OC(C)C)cccc1-c1csc(-c2ccccc2)[n+]1C.Cc1c(OC(C)C)cccc1-c1csc[n+]1C. The molecule has 4 aromatic heterocycles. The number of benzene rings is 8. The molecule has 0 amide bonds. The topological polar surface area (TPSA) is 62.3 Å². The zero-order chi connectivity index (χ0) is 75.2. The number of thiazole rings is 2. The van der Waals surface area contributed by atoms with E-state index in [1.165, 1.54) is 117 Å². The summed E-state index contributed by atoms with van der Waals surface area (Å²) in [5.74, 6) is 5.85. The summed E-state index contributed by atoms with van der Waals surface area (Å²) < 4.78 is 37.9. The molecule has 8 aromatic carbocycles. The van der Waals surface area contributed by atoms with E-state index in [0.717, 1.165) is 28.6 Å². The van der Waals surface area contributed by atoms with Crippen molar-refractivity contribution in [3.8, 4) is 101 Å². The van der Waals surface area contributed by atoms with Crippen LogP contribution in [0.15, 0.2) is 205 Å². The molecule has 13 rings (SSSR count). The first kappa shape index (κ1) is 77.3. The molecule has 1 aliphatic rings. The molecule has 104 heavy (non-hydrogen) atoms. The lowest BCUT2D eigenvalue weighted by Gasteiger charge is -2.45. The van der Waals surface area contributed by atoms with Gasteiger partial charge in [0, 0.05) is 55.3 Å². The van der Waals surface area contributed by atoms with Gasteiger partial charge in [-0.3, -0.25) is 0 Å². The van der Waals surface area contributed by atoms with Gasteiger partial charge in [-0.15, -0.1) is 0 Å². The van der Waals surface area contributed by atoms with Gasteiger partial charge in [0.2, 0.25) is 23.2 Å². The molecule has 12 aromatic rings. The molecule has 10 nitrogen and oxygen atoms in total. The fraction of sp³-hybridized carbons (Fsp3) is 0.348. The third kappa shape index (κ3) is 16.1. The summed E-state index contributed by atoms with van der Waals surface area (Å²) in [4.78, 5) is 0. The van der Waals surface area contributed by atoms with Crippen LogP contribution in [0.5, 0.6) is 23.0 Å².